The molecular weight excluding hydrogens is 414 g/mol. The van der Waals surface area contributed by atoms with Crippen LogP contribution in [0.2, 0.25) is 0 Å². The lowest BCUT2D eigenvalue weighted by molar-refractivity contribution is 0.407. The lowest BCUT2D eigenvalue weighted by Gasteiger charge is -2.13. The molecule has 0 saturated carbocycles. The highest BCUT2D eigenvalue weighted by Crippen LogP contribution is 2.40. The Balaban J connectivity index is 1.61. The number of hydrogen-bond acceptors (Lipinski definition) is 4. The Morgan fingerprint density at radius 1 is 0.969 bits per heavy atom. The lowest BCUT2D eigenvalue weighted by atomic mass is 9.98. The second-order valence-corrected chi connectivity index (χ2v) is 9.21. The molecule has 0 bridgehead atoms. The summed E-state index contributed by atoms with van der Waals surface area (Å²) in [6.07, 6.45) is 4.55. The van der Waals surface area contributed by atoms with Crippen LogP contribution in [0.3, 0.4) is 0 Å². The molecule has 4 heteroatoms. The zero-order chi connectivity index (χ0) is 22.3. The molecule has 0 fully saturated rings. The lowest BCUT2D eigenvalue weighted by Crippen LogP contribution is -2.15. The van der Waals surface area contributed by atoms with Crippen molar-refractivity contribution in [1.82, 2.24) is 5.32 Å². The Bertz CT molecular complexity index is 1160. The van der Waals surface area contributed by atoms with Gasteiger partial charge >= 0.3 is 0 Å². The average molecular weight is 446 g/mol. The smallest absolute Gasteiger partial charge is 0.123 e. The summed E-state index contributed by atoms with van der Waals surface area (Å²) in [5, 5.41) is 14.5. The van der Waals surface area contributed by atoms with Crippen molar-refractivity contribution in [2.24, 2.45) is 0 Å². The number of methoxy groups -OCH3 is 1. The molecule has 0 aliphatic heterocycles. The first-order valence-electron chi connectivity index (χ1n) is 11.4. The van der Waals surface area contributed by atoms with Crippen molar-refractivity contribution >= 4 is 21.4 Å². The van der Waals surface area contributed by atoms with Gasteiger partial charge in [0, 0.05) is 21.7 Å². The van der Waals surface area contributed by atoms with E-state index in [4.69, 9.17) is 4.74 Å². The molecule has 0 aliphatic carbocycles. The maximum Gasteiger partial charge on any atom is 0.123 e. The molecule has 0 amide bonds. The van der Waals surface area contributed by atoms with Crippen LogP contribution in [-0.2, 0) is 13.0 Å². The standard InChI is InChI=1S/C28H31NO2S/c1-3-4-7-16-29-19-22-11-10-20(18-26(22)31-2)17-25-24-8-5-6-9-27(24)32-28(25)21-12-14-23(30)15-13-21/h5-6,8-15,18,29-30H,3-4,7,16-17,19H2,1-2H3. The van der Waals surface area contributed by atoms with Gasteiger partial charge in [-0.2, -0.15) is 0 Å². The highest BCUT2D eigenvalue weighted by molar-refractivity contribution is 7.22. The number of phenols is 1. The maximum atomic E-state index is 9.72. The summed E-state index contributed by atoms with van der Waals surface area (Å²) in [6, 6.07) is 22.7. The Labute approximate surface area is 194 Å². The van der Waals surface area contributed by atoms with Gasteiger partial charge < -0.3 is 15.2 Å². The number of benzene rings is 3. The monoisotopic (exact) mass is 445 g/mol. The third-order valence-corrected chi connectivity index (χ3v) is 7.09. The Morgan fingerprint density at radius 3 is 2.56 bits per heavy atom. The highest BCUT2D eigenvalue weighted by Gasteiger charge is 2.15. The van der Waals surface area contributed by atoms with Gasteiger partial charge in [-0.15, -0.1) is 11.3 Å². The molecule has 0 radical (unpaired) electrons. The minimum atomic E-state index is 0.292. The molecule has 2 N–H and O–H groups in total. The summed E-state index contributed by atoms with van der Waals surface area (Å²) in [4.78, 5) is 1.26. The van der Waals surface area contributed by atoms with Gasteiger partial charge in [0.15, 0.2) is 0 Å². The third kappa shape index (κ3) is 5.14. The number of nitrogens with one attached hydrogen (secondary N) is 1. The number of aromatic hydroxyl groups is 1. The van der Waals surface area contributed by atoms with Crippen LogP contribution in [0.1, 0.15) is 42.9 Å². The minimum absolute atomic E-state index is 0.292. The van der Waals surface area contributed by atoms with E-state index in [0.29, 0.717) is 5.75 Å². The van der Waals surface area contributed by atoms with Gasteiger partial charge in [-0.1, -0.05) is 50.1 Å². The van der Waals surface area contributed by atoms with Gasteiger partial charge in [-0.05, 0) is 77.9 Å². The van der Waals surface area contributed by atoms with E-state index >= 15 is 0 Å². The number of phenolic OH excluding ortho intramolecular Hbond substituents is 1. The van der Waals surface area contributed by atoms with E-state index in [1.54, 1.807) is 19.2 Å². The van der Waals surface area contributed by atoms with Gasteiger partial charge in [0.25, 0.3) is 0 Å². The number of unbranched alkanes of at least 4 members (excludes halogenated alkanes) is 2. The Kier molecular flexibility index (Phi) is 7.46. The van der Waals surface area contributed by atoms with Crippen molar-refractivity contribution in [3.63, 3.8) is 0 Å². The van der Waals surface area contributed by atoms with Crippen LogP contribution < -0.4 is 10.1 Å². The fourth-order valence-electron chi connectivity index (χ4n) is 4.09. The fraction of sp³-hybridized carbons (Fsp3) is 0.286. The normalized spacial score (nSPS) is 11.2. The molecule has 0 aliphatic rings. The van der Waals surface area contributed by atoms with Gasteiger partial charge in [0.05, 0.1) is 7.11 Å². The second-order valence-electron chi connectivity index (χ2n) is 8.16. The van der Waals surface area contributed by atoms with Gasteiger partial charge in [0.2, 0.25) is 0 Å². The van der Waals surface area contributed by atoms with Crippen LogP contribution in [0.15, 0.2) is 66.7 Å². The van der Waals surface area contributed by atoms with E-state index in [0.717, 1.165) is 30.8 Å². The fourth-order valence-corrected chi connectivity index (χ4v) is 5.32. The summed E-state index contributed by atoms with van der Waals surface area (Å²) >= 11 is 1.81. The molecule has 32 heavy (non-hydrogen) atoms. The summed E-state index contributed by atoms with van der Waals surface area (Å²) in [5.41, 5.74) is 4.89. The predicted octanol–water partition coefficient (Wildman–Crippen LogP) is 7.15. The second kappa shape index (κ2) is 10.7. The SMILES string of the molecule is CCCCCNCc1ccc(Cc2c(-c3ccc(O)cc3)sc3ccccc23)cc1OC. The molecule has 0 spiro atoms. The first kappa shape index (κ1) is 22.4. The number of fused-ring (bicyclic) bond motifs is 1. The molecule has 4 rings (SSSR count). The van der Waals surface area contributed by atoms with E-state index in [-0.39, 0.29) is 0 Å². The quantitative estimate of drug-likeness (QED) is 0.255. The zero-order valence-corrected chi connectivity index (χ0v) is 19.7. The van der Waals surface area contributed by atoms with Crippen molar-refractivity contribution in [3.8, 4) is 21.9 Å². The van der Waals surface area contributed by atoms with Crippen LogP contribution in [0.5, 0.6) is 11.5 Å². The molecular formula is C28H31NO2S. The van der Waals surface area contributed by atoms with E-state index in [1.165, 1.54) is 50.9 Å². The largest absolute Gasteiger partial charge is 0.508 e. The van der Waals surface area contributed by atoms with Gasteiger partial charge in [-0.25, -0.2) is 0 Å². The molecule has 0 unspecified atom stereocenters. The van der Waals surface area contributed by atoms with Crippen LogP contribution in [0.25, 0.3) is 20.5 Å². The molecule has 3 nitrogen and oxygen atoms in total. The first-order valence-corrected chi connectivity index (χ1v) is 12.2. The Morgan fingerprint density at radius 2 is 1.78 bits per heavy atom. The van der Waals surface area contributed by atoms with E-state index < -0.39 is 0 Å². The molecule has 1 aromatic heterocycles. The average Bonchev–Trinajstić information content (AvgIpc) is 3.18. The van der Waals surface area contributed by atoms with Gasteiger partial charge in [0.1, 0.15) is 11.5 Å². The van der Waals surface area contributed by atoms with E-state index in [2.05, 4.69) is 54.7 Å². The van der Waals surface area contributed by atoms with Crippen LogP contribution >= 0.6 is 11.3 Å². The van der Waals surface area contributed by atoms with E-state index in [9.17, 15) is 5.11 Å². The zero-order valence-electron chi connectivity index (χ0n) is 18.9. The van der Waals surface area contributed by atoms with Crippen LogP contribution in [0.4, 0.5) is 0 Å². The molecule has 3 aromatic carbocycles. The van der Waals surface area contributed by atoms with Crippen molar-refractivity contribution in [3.05, 3.63) is 83.4 Å². The summed E-state index contributed by atoms with van der Waals surface area (Å²) in [6.45, 7) is 4.09. The van der Waals surface area contributed by atoms with Crippen molar-refractivity contribution in [2.75, 3.05) is 13.7 Å². The van der Waals surface area contributed by atoms with Crippen molar-refractivity contribution < 1.29 is 9.84 Å². The Hall–Kier alpha value is -2.82. The molecule has 166 valence electrons. The molecule has 1 heterocycles. The summed E-state index contributed by atoms with van der Waals surface area (Å²) < 4.78 is 7.02. The van der Waals surface area contributed by atoms with Crippen molar-refractivity contribution in [1.29, 1.82) is 0 Å². The number of hydrogen-bond donors (Lipinski definition) is 2. The molecule has 0 atom stereocenters. The number of thiophene rings is 1. The van der Waals surface area contributed by atoms with Crippen LogP contribution in [-0.4, -0.2) is 18.8 Å². The number of ether oxygens (including phenoxy) is 1. The first-order chi connectivity index (χ1) is 15.7. The molecule has 4 aromatic rings. The predicted molar refractivity (Wildman–Crippen MR) is 136 cm³/mol. The van der Waals surface area contributed by atoms with Crippen molar-refractivity contribution in [2.45, 2.75) is 39.2 Å². The van der Waals surface area contributed by atoms with Gasteiger partial charge in [-0.3, -0.25) is 0 Å². The number of rotatable bonds is 10. The highest BCUT2D eigenvalue weighted by atomic mass is 32.1. The third-order valence-electron chi connectivity index (χ3n) is 5.83. The minimum Gasteiger partial charge on any atom is -0.508 e. The summed E-state index contributed by atoms with van der Waals surface area (Å²) in [5.74, 6) is 1.23. The van der Waals surface area contributed by atoms with E-state index in [1.807, 2.05) is 23.5 Å². The summed E-state index contributed by atoms with van der Waals surface area (Å²) in [7, 11) is 1.75. The topological polar surface area (TPSA) is 41.5 Å². The molecule has 0 saturated heterocycles. The van der Waals surface area contributed by atoms with Crippen LogP contribution in [0, 0.1) is 0 Å². The maximum absolute atomic E-state index is 9.72.